The van der Waals surface area contributed by atoms with Crippen LogP contribution in [0.5, 0.6) is 0 Å². The summed E-state index contributed by atoms with van der Waals surface area (Å²) >= 11 is 0. The van der Waals surface area contributed by atoms with Crippen molar-refractivity contribution in [3.63, 3.8) is 0 Å². The summed E-state index contributed by atoms with van der Waals surface area (Å²) in [5, 5.41) is 3.31. The molecule has 112 valence electrons. The van der Waals surface area contributed by atoms with Gasteiger partial charge in [-0.25, -0.2) is 13.2 Å². The van der Waals surface area contributed by atoms with Crippen molar-refractivity contribution >= 4 is 0 Å². The van der Waals surface area contributed by atoms with E-state index < -0.39 is 17.5 Å². The van der Waals surface area contributed by atoms with Crippen LogP contribution in [0.4, 0.5) is 13.2 Å². The fourth-order valence-corrected chi connectivity index (χ4v) is 3.12. The van der Waals surface area contributed by atoms with Gasteiger partial charge < -0.3 is 5.32 Å². The van der Waals surface area contributed by atoms with Crippen molar-refractivity contribution in [2.24, 2.45) is 5.92 Å². The highest BCUT2D eigenvalue weighted by Crippen LogP contribution is 2.28. The minimum absolute atomic E-state index is 0.193. The minimum atomic E-state index is -1.13. The molecule has 0 spiro atoms. The maximum absolute atomic E-state index is 13.6. The van der Waals surface area contributed by atoms with E-state index in [9.17, 15) is 13.2 Å². The van der Waals surface area contributed by atoms with Gasteiger partial charge in [0.25, 0.3) is 0 Å². The number of rotatable bonds is 5. The predicted molar refractivity (Wildman–Crippen MR) is 73.8 cm³/mol. The molecule has 1 atom stereocenters. The standard InChI is InChI=1S/C16H22F3N/c1-2-16(11-6-4-3-5-7-11)20-10-12-8-14(18)15(19)9-13(12)17/h8-9,11,16,20H,2-7,10H2,1H3. The summed E-state index contributed by atoms with van der Waals surface area (Å²) in [6.07, 6.45) is 7.17. The molecule has 1 aromatic carbocycles. The molecule has 0 saturated heterocycles. The Kier molecular flexibility index (Phi) is 5.46. The summed E-state index contributed by atoms with van der Waals surface area (Å²) in [5.41, 5.74) is 0.193. The molecule has 1 aliphatic carbocycles. The van der Waals surface area contributed by atoms with Crippen LogP contribution >= 0.6 is 0 Å². The van der Waals surface area contributed by atoms with Gasteiger partial charge in [0.05, 0.1) is 0 Å². The van der Waals surface area contributed by atoms with Crippen LogP contribution < -0.4 is 5.32 Å². The molecule has 0 heterocycles. The van der Waals surface area contributed by atoms with Gasteiger partial charge in [-0.3, -0.25) is 0 Å². The Morgan fingerprint density at radius 1 is 1.05 bits per heavy atom. The van der Waals surface area contributed by atoms with Crippen molar-refractivity contribution in [2.75, 3.05) is 0 Å². The highest BCUT2D eigenvalue weighted by Gasteiger charge is 2.22. The molecule has 0 amide bonds. The molecule has 1 unspecified atom stereocenters. The second kappa shape index (κ2) is 7.11. The van der Waals surface area contributed by atoms with E-state index in [4.69, 9.17) is 0 Å². The summed E-state index contributed by atoms with van der Waals surface area (Å²) < 4.78 is 39.6. The molecular weight excluding hydrogens is 263 g/mol. The Hall–Kier alpha value is -1.03. The normalized spacial score (nSPS) is 18.2. The van der Waals surface area contributed by atoms with Crippen LogP contribution in [0.25, 0.3) is 0 Å². The van der Waals surface area contributed by atoms with Crippen LogP contribution in [0, 0.1) is 23.4 Å². The third-order valence-corrected chi connectivity index (χ3v) is 4.30. The van der Waals surface area contributed by atoms with Gasteiger partial charge in [0.2, 0.25) is 0 Å². The highest BCUT2D eigenvalue weighted by atomic mass is 19.2. The van der Waals surface area contributed by atoms with Crippen LogP contribution in [-0.2, 0) is 6.54 Å². The number of hydrogen-bond acceptors (Lipinski definition) is 1. The summed E-state index contributed by atoms with van der Waals surface area (Å²) in [5.74, 6) is -2.20. The van der Waals surface area contributed by atoms with Crippen LogP contribution in [0.2, 0.25) is 0 Å². The Morgan fingerprint density at radius 2 is 1.70 bits per heavy atom. The van der Waals surface area contributed by atoms with E-state index in [0.29, 0.717) is 18.0 Å². The maximum atomic E-state index is 13.6. The molecule has 1 aliphatic rings. The third kappa shape index (κ3) is 3.75. The van der Waals surface area contributed by atoms with Crippen LogP contribution in [0.1, 0.15) is 51.0 Å². The lowest BCUT2D eigenvalue weighted by Crippen LogP contribution is -2.36. The Balaban J connectivity index is 1.97. The van der Waals surface area contributed by atoms with Gasteiger partial charge in [0.1, 0.15) is 5.82 Å². The second-order valence-corrected chi connectivity index (χ2v) is 5.65. The Bertz CT molecular complexity index is 442. The van der Waals surface area contributed by atoms with E-state index in [1.54, 1.807) is 0 Å². The Labute approximate surface area is 118 Å². The first-order valence-corrected chi connectivity index (χ1v) is 7.48. The second-order valence-electron chi connectivity index (χ2n) is 5.65. The SMILES string of the molecule is CCC(NCc1cc(F)c(F)cc1F)C1CCCCC1. The summed E-state index contributed by atoms with van der Waals surface area (Å²) in [6, 6.07) is 1.89. The van der Waals surface area contributed by atoms with Crippen LogP contribution in [0.3, 0.4) is 0 Å². The van der Waals surface area contributed by atoms with E-state index in [2.05, 4.69) is 12.2 Å². The summed E-state index contributed by atoms with van der Waals surface area (Å²) in [6.45, 7) is 2.35. The molecule has 1 nitrogen and oxygen atoms in total. The van der Waals surface area contributed by atoms with Gasteiger partial charge in [-0.2, -0.15) is 0 Å². The van der Waals surface area contributed by atoms with Crippen molar-refractivity contribution < 1.29 is 13.2 Å². The van der Waals surface area contributed by atoms with E-state index in [1.807, 2.05) is 0 Å². The van der Waals surface area contributed by atoms with Crippen molar-refractivity contribution in [1.82, 2.24) is 5.32 Å². The van der Waals surface area contributed by atoms with Crippen molar-refractivity contribution in [3.05, 3.63) is 35.1 Å². The van der Waals surface area contributed by atoms with Gasteiger partial charge in [-0.15, -0.1) is 0 Å². The van der Waals surface area contributed by atoms with Gasteiger partial charge in [0.15, 0.2) is 11.6 Å². The maximum Gasteiger partial charge on any atom is 0.161 e. The van der Waals surface area contributed by atoms with Gasteiger partial charge in [-0.1, -0.05) is 26.2 Å². The zero-order chi connectivity index (χ0) is 14.5. The molecule has 4 heteroatoms. The first-order valence-electron chi connectivity index (χ1n) is 7.48. The average Bonchev–Trinajstić information content (AvgIpc) is 2.46. The number of hydrogen-bond donors (Lipinski definition) is 1. The van der Waals surface area contributed by atoms with Crippen LogP contribution in [0.15, 0.2) is 12.1 Å². The topological polar surface area (TPSA) is 12.0 Å². The quantitative estimate of drug-likeness (QED) is 0.782. The Morgan fingerprint density at radius 3 is 2.35 bits per heavy atom. The van der Waals surface area contributed by atoms with Gasteiger partial charge in [-0.05, 0) is 31.2 Å². The molecular formula is C16H22F3N. The van der Waals surface area contributed by atoms with Gasteiger partial charge >= 0.3 is 0 Å². The molecule has 20 heavy (non-hydrogen) atoms. The third-order valence-electron chi connectivity index (χ3n) is 4.30. The molecule has 1 fully saturated rings. The summed E-state index contributed by atoms with van der Waals surface area (Å²) in [7, 11) is 0. The van der Waals surface area contributed by atoms with Crippen molar-refractivity contribution in [1.29, 1.82) is 0 Å². The molecule has 0 aliphatic heterocycles. The fraction of sp³-hybridized carbons (Fsp3) is 0.625. The van der Waals surface area contributed by atoms with Gasteiger partial charge in [0, 0.05) is 24.2 Å². The van der Waals surface area contributed by atoms with E-state index in [0.717, 1.165) is 12.5 Å². The number of halogens is 3. The number of nitrogens with one attached hydrogen (secondary N) is 1. The lowest BCUT2D eigenvalue weighted by Gasteiger charge is -2.30. The van der Waals surface area contributed by atoms with E-state index in [-0.39, 0.29) is 12.1 Å². The molecule has 0 aromatic heterocycles. The monoisotopic (exact) mass is 285 g/mol. The molecule has 1 saturated carbocycles. The van der Waals surface area contributed by atoms with Crippen molar-refractivity contribution in [3.8, 4) is 0 Å². The van der Waals surface area contributed by atoms with Crippen LogP contribution in [-0.4, -0.2) is 6.04 Å². The minimum Gasteiger partial charge on any atom is -0.310 e. The molecule has 0 radical (unpaired) electrons. The molecule has 1 N–H and O–H groups in total. The van der Waals surface area contributed by atoms with E-state index >= 15 is 0 Å². The highest BCUT2D eigenvalue weighted by molar-refractivity contribution is 5.20. The smallest absolute Gasteiger partial charge is 0.161 e. The van der Waals surface area contributed by atoms with E-state index in [1.165, 1.54) is 32.1 Å². The summed E-state index contributed by atoms with van der Waals surface area (Å²) in [4.78, 5) is 0. The zero-order valence-corrected chi connectivity index (χ0v) is 11.9. The first-order chi connectivity index (χ1) is 9.61. The molecule has 1 aromatic rings. The number of benzene rings is 1. The predicted octanol–water partition coefficient (Wildman–Crippen LogP) is 4.55. The average molecular weight is 285 g/mol. The lowest BCUT2D eigenvalue weighted by molar-refractivity contribution is 0.261. The fourth-order valence-electron chi connectivity index (χ4n) is 3.12. The zero-order valence-electron chi connectivity index (χ0n) is 11.9. The molecule has 0 bridgehead atoms. The first kappa shape index (κ1) is 15.4. The largest absolute Gasteiger partial charge is 0.310 e. The molecule has 2 rings (SSSR count). The lowest BCUT2D eigenvalue weighted by atomic mass is 9.83. The van der Waals surface area contributed by atoms with Crippen molar-refractivity contribution in [2.45, 2.75) is 58.0 Å².